The molecule has 1 aromatic heterocycles. The molecule has 0 bridgehead atoms. The fraction of sp³-hybridized carbons (Fsp3) is 0.429. The number of alkyl halides is 3. The molecule has 0 aliphatic carbocycles. The predicted octanol–water partition coefficient (Wildman–Crippen LogP) is 3.38. The Morgan fingerprint density at radius 3 is 2.38 bits per heavy atom. The van der Waals surface area contributed by atoms with E-state index in [4.69, 9.17) is 5.73 Å². The van der Waals surface area contributed by atoms with Crippen LogP contribution in [0.15, 0.2) is 9.85 Å². The van der Waals surface area contributed by atoms with E-state index in [1.807, 2.05) is 0 Å². The molecular formula is C7H7BrF3NS. The molecule has 0 aliphatic rings. The molecular weight excluding hydrogens is 267 g/mol. The molecule has 0 aliphatic heterocycles. The number of hydrogen-bond donors (Lipinski definition) is 1. The minimum Gasteiger partial charge on any atom is -0.316 e. The van der Waals surface area contributed by atoms with Crippen molar-refractivity contribution in [3.05, 3.63) is 20.3 Å². The second kappa shape index (κ2) is 3.59. The molecule has 1 atom stereocenters. The van der Waals surface area contributed by atoms with Gasteiger partial charge >= 0.3 is 6.18 Å². The average Bonchev–Trinajstić information content (AvgIpc) is 2.29. The number of aryl methyl sites for hydroxylation is 1. The van der Waals surface area contributed by atoms with E-state index in [1.54, 1.807) is 6.92 Å². The molecule has 0 unspecified atom stereocenters. The van der Waals surface area contributed by atoms with Crippen molar-refractivity contribution in [1.82, 2.24) is 0 Å². The van der Waals surface area contributed by atoms with Gasteiger partial charge in [0.25, 0.3) is 0 Å². The fourth-order valence-electron chi connectivity index (χ4n) is 0.798. The lowest BCUT2D eigenvalue weighted by Crippen LogP contribution is -2.27. The molecule has 0 fully saturated rings. The van der Waals surface area contributed by atoms with E-state index >= 15 is 0 Å². The molecule has 0 radical (unpaired) electrons. The van der Waals surface area contributed by atoms with Gasteiger partial charge in [0.15, 0.2) is 0 Å². The van der Waals surface area contributed by atoms with Crippen LogP contribution >= 0.6 is 27.3 Å². The smallest absolute Gasteiger partial charge is 0.316 e. The van der Waals surface area contributed by atoms with Crippen molar-refractivity contribution in [2.75, 3.05) is 0 Å². The third-order valence-electron chi connectivity index (χ3n) is 1.54. The molecule has 0 aromatic carbocycles. The molecule has 0 spiro atoms. The lowest BCUT2D eigenvalue weighted by molar-refractivity contribution is -0.148. The van der Waals surface area contributed by atoms with Crippen molar-refractivity contribution in [2.24, 2.45) is 5.73 Å². The summed E-state index contributed by atoms with van der Waals surface area (Å²) in [5, 5.41) is 0. The van der Waals surface area contributed by atoms with Crippen LogP contribution < -0.4 is 5.73 Å². The normalized spacial score (nSPS) is 14.6. The first kappa shape index (κ1) is 11.0. The third-order valence-corrected chi connectivity index (χ3v) is 3.76. The summed E-state index contributed by atoms with van der Waals surface area (Å²) in [5.74, 6) is 0. The molecule has 1 rings (SSSR count). The molecule has 13 heavy (non-hydrogen) atoms. The maximum atomic E-state index is 12.1. The highest BCUT2D eigenvalue weighted by atomic mass is 79.9. The molecule has 2 N–H and O–H groups in total. The molecule has 0 saturated heterocycles. The molecule has 1 heterocycles. The van der Waals surface area contributed by atoms with Gasteiger partial charge < -0.3 is 5.73 Å². The summed E-state index contributed by atoms with van der Waals surface area (Å²) in [4.78, 5) is 0.136. The number of rotatable bonds is 1. The fourth-order valence-corrected chi connectivity index (χ4v) is 2.40. The Morgan fingerprint density at radius 2 is 2.08 bits per heavy atom. The Kier molecular flexibility index (Phi) is 3.04. The van der Waals surface area contributed by atoms with E-state index in [0.29, 0.717) is 3.79 Å². The van der Waals surface area contributed by atoms with Crippen LogP contribution in [0.5, 0.6) is 0 Å². The van der Waals surface area contributed by atoms with Crippen LogP contribution in [-0.4, -0.2) is 6.18 Å². The average molecular weight is 274 g/mol. The molecule has 0 saturated carbocycles. The number of thiophene rings is 1. The van der Waals surface area contributed by atoms with Gasteiger partial charge in [-0.2, -0.15) is 13.2 Å². The van der Waals surface area contributed by atoms with Crippen LogP contribution in [-0.2, 0) is 0 Å². The minimum absolute atomic E-state index is 0.136. The number of halogens is 4. The zero-order chi connectivity index (χ0) is 10.2. The van der Waals surface area contributed by atoms with Crippen LogP contribution in [0.25, 0.3) is 0 Å². The highest BCUT2D eigenvalue weighted by molar-refractivity contribution is 9.11. The maximum Gasteiger partial charge on any atom is 0.408 e. The quantitative estimate of drug-likeness (QED) is 0.834. The van der Waals surface area contributed by atoms with Crippen molar-refractivity contribution in [1.29, 1.82) is 0 Å². The van der Waals surface area contributed by atoms with Crippen molar-refractivity contribution in [3.63, 3.8) is 0 Å². The topological polar surface area (TPSA) is 26.0 Å². The second-order valence-electron chi connectivity index (χ2n) is 2.62. The summed E-state index contributed by atoms with van der Waals surface area (Å²) in [6.07, 6.45) is -4.36. The van der Waals surface area contributed by atoms with Gasteiger partial charge in [-0.1, -0.05) is 0 Å². The summed E-state index contributed by atoms with van der Waals surface area (Å²) < 4.78 is 37.1. The van der Waals surface area contributed by atoms with Crippen LogP contribution in [0.1, 0.15) is 16.5 Å². The molecule has 1 aromatic rings. The summed E-state index contributed by atoms with van der Waals surface area (Å²) >= 11 is 4.17. The highest BCUT2D eigenvalue weighted by Gasteiger charge is 2.38. The SMILES string of the molecule is Cc1cc([C@@H](N)C(F)(F)F)sc1Br. The molecule has 0 amide bonds. The number of hydrogen-bond acceptors (Lipinski definition) is 2. The largest absolute Gasteiger partial charge is 0.408 e. The van der Waals surface area contributed by atoms with Crippen LogP contribution in [0.3, 0.4) is 0 Å². The van der Waals surface area contributed by atoms with Crippen molar-refractivity contribution in [2.45, 2.75) is 19.1 Å². The van der Waals surface area contributed by atoms with Gasteiger partial charge in [0.05, 0.1) is 3.79 Å². The molecule has 6 heteroatoms. The summed E-state index contributed by atoms with van der Waals surface area (Å²) in [5.41, 5.74) is 5.80. The Bertz CT molecular complexity index is 288. The highest BCUT2D eigenvalue weighted by Crippen LogP contribution is 2.37. The van der Waals surface area contributed by atoms with Crippen LogP contribution in [0.4, 0.5) is 13.2 Å². The van der Waals surface area contributed by atoms with Crippen LogP contribution in [0, 0.1) is 6.92 Å². The zero-order valence-corrected chi connectivity index (χ0v) is 9.05. The maximum absolute atomic E-state index is 12.1. The van der Waals surface area contributed by atoms with Gasteiger partial charge in [0.2, 0.25) is 0 Å². The van der Waals surface area contributed by atoms with Gasteiger partial charge in [0.1, 0.15) is 6.04 Å². The third kappa shape index (κ3) is 2.45. The van der Waals surface area contributed by atoms with E-state index in [2.05, 4.69) is 15.9 Å². The molecule has 74 valence electrons. The lowest BCUT2D eigenvalue weighted by Gasteiger charge is -2.12. The Labute approximate surface area is 85.9 Å². The van der Waals surface area contributed by atoms with E-state index in [0.717, 1.165) is 16.9 Å². The monoisotopic (exact) mass is 273 g/mol. The van der Waals surface area contributed by atoms with E-state index in [9.17, 15) is 13.2 Å². The zero-order valence-electron chi connectivity index (χ0n) is 6.65. The second-order valence-corrected chi connectivity index (χ2v) is 5.03. The predicted molar refractivity (Wildman–Crippen MR) is 49.7 cm³/mol. The van der Waals surface area contributed by atoms with Gasteiger partial charge in [-0.3, -0.25) is 0 Å². The first-order valence-corrected chi connectivity index (χ1v) is 5.01. The van der Waals surface area contributed by atoms with Crippen molar-refractivity contribution in [3.8, 4) is 0 Å². The van der Waals surface area contributed by atoms with Crippen molar-refractivity contribution < 1.29 is 13.2 Å². The van der Waals surface area contributed by atoms with Gasteiger partial charge in [-0.15, -0.1) is 11.3 Å². The van der Waals surface area contributed by atoms with Gasteiger partial charge in [-0.25, -0.2) is 0 Å². The van der Waals surface area contributed by atoms with E-state index in [1.165, 1.54) is 6.07 Å². The lowest BCUT2D eigenvalue weighted by atomic mass is 10.2. The summed E-state index contributed by atoms with van der Waals surface area (Å²) in [6, 6.07) is -0.421. The Morgan fingerprint density at radius 1 is 1.54 bits per heavy atom. The Balaban J connectivity index is 2.96. The van der Waals surface area contributed by atoms with Gasteiger partial charge in [0, 0.05) is 4.88 Å². The summed E-state index contributed by atoms with van der Waals surface area (Å²) in [6.45, 7) is 1.73. The standard InChI is InChI=1S/C7H7BrF3NS/c1-3-2-4(13-6(3)8)5(12)7(9,10)11/h2,5H,12H2,1H3/t5-/m1/s1. The van der Waals surface area contributed by atoms with Gasteiger partial charge in [-0.05, 0) is 34.5 Å². The molecule has 1 nitrogen and oxygen atoms in total. The van der Waals surface area contributed by atoms with Crippen molar-refractivity contribution >= 4 is 27.3 Å². The minimum atomic E-state index is -4.36. The number of nitrogens with two attached hydrogens (primary N) is 1. The van der Waals surface area contributed by atoms with E-state index in [-0.39, 0.29) is 4.88 Å². The van der Waals surface area contributed by atoms with Crippen LogP contribution in [0.2, 0.25) is 0 Å². The summed E-state index contributed by atoms with van der Waals surface area (Å²) in [7, 11) is 0. The van der Waals surface area contributed by atoms with E-state index < -0.39 is 12.2 Å². The first-order valence-electron chi connectivity index (χ1n) is 3.40. The first-order chi connectivity index (χ1) is 5.82. The Hall–Kier alpha value is -0.0700.